The number of nitrogens with one attached hydrogen (secondary N) is 1. The second kappa shape index (κ2) is 8.97. The van der Waals surface area contributed by atoms with Crippen LogP contribution in [0.1, 0.15) is 10.4 Å². The highest BCUT2D eigenvalue weighted by molar-refractivity contribution is 7.89. The van der Waals surface area contributed by atoms with Gasteiger partial charge in [-0.25, -0.2) is 13.2 Å². The molecule has 1 N–H and O–H groups in total. The van der Waals surface area contributed by atoms with Gasteiger partial charge in [-0.15, -0.1) is 0 Å². The fourth-order valence-corrected chi connectivity index (χ4v) is 3.37. The zero-order valence-corrected chi connectivity index (χ0v) is 15.1. The van der Waals surface area contributed by atoms with Gasteiger partial charge in [-0.2, -0.15) is 4.31 Å². The van der Waals surface area contributed by atoms with Crippen molar-refractivity contribution >= 4 is 33.5 Å². The Hall–Kier alpha value is -1.68. The minimum absolute atomic E-state index is 0.0402. The van der Waals surface area contributed by atoms with Crippen molar-refractivity contribution in [3.8, 4) is 0 Å². The maximum atomic E-state index is 12.6. The monoisotopic (exact) mass is 378 g/mol. The molecule has 0 saturated carbocycles. The van der Waals surface area contributed by atoms with Crippen LogP contribution in [-0.4, -0.2) is 65.6 Å². The molecule has 8 nitrogen and oxygen atoms in total. The number of esters is 1. The van der Waals surface area contributed by atoms with E-state index in [1.54, 1.807) is 0 Å². The highest BCUT2D eigenvalue weighted by atomic mass is 35.5. The molecule has 0 aliphatic heterocycles. The summed E-state index contributed by atoms with van der Waals surface area (Å²) in [4.78, 5) is 23.0. The highest BCUT2D eigenvalue weighted by Gasteiger charge is 2.26. The van der Waals surface area contributed by atoms with Crippen LogP contribution in [0.3, 0.4) is 0 Å². The predicted molar refractivity (Wildman–Crippen MR) is 87.5 cm³/mol. The van der Waals surface area contributed by atoms with E-state index in [2.05, 4.69) is 10.1 Å². The number of halogens is 1. The van der Waals surface area contributed by atoms with Gasteiger partial charge in [-0.3, -0.25) is 4.79 Å². The lowest BCUT2D eigenvalue weighted by molar-refractivity contribution is -0.121. The van der Waals surface area contributed by atoms with E-state index in [0.29, 0.717) is 6.61 Å². The number of carbonyl (C=O) groups is 2. The molecule has 24 heavy (non-hydrogen) atoms. The number of amides is 1. The summed E-state index contributed by atoms with van der Waals surface area (Å²) in [6.45, 7) is 0.182. The smallest absolute Gasteiger partial charge is 0.337 e. The van der Waals surface area contributed by atoms with Gasteiger partial charge >= 0.3 is 5.97 Å². The molecule has 0 aromatic heterocycles. The number of nitrogens with zero attached hydrogens (tertiary/aromatic N) is 1. The van der Waals surface area contributed by atoms with Crippen LogP contribution in [0.4, 0.5) is 0 Å². The van der Waals surface area contributed by atoms with Crippen molar-refractivity contribution in [1.29, 1.82) is 0 Å². The molecule has 0 saturated heterocycles. The lowest BCUT2D eigenvalue weighted by Gasteiger charge is -2.18. The van der Waals surface area contributed by atoms with Crippen LogP contribution in [-0.2, 0) is 24.3 Å². The van der Waals surface area contributed by atoms with Gasteiger partial charge < -0.3 is 14.8 Å². The molecule has 1 aromatic carbocycles. The molecule has 1 rings (SSSR count). The Balaban J connectivity index is 2.98. The lowest BCUT2D eigenvalue weighted by atomic mass is 10.2. The molecule has 10 heteroatoms. The second-order valence-corrected chi connectivity index (χ2v) is 7.16. The Morgan fingerprint density at radius 3 is 2.54 bits per heavy atom. The number of rotatable bonds is 8. The van der Waals surface area contributed by atoms with Gasteiger partial charge in [0.2, 0.25) is 15.9 Å². The molecule has 0 bridgehead atoms. The first kappa shape index (κ1) is 20.4. The first-order valence-corrected chi connectivity index (χ1v) is 8.65. The molecule has 134 valence electrons. The van der Waals surface area contributed by atoms with Gasteiger partial charge in [0.05, 0.1) is 30.8 Å². The summed E-state index contributed by atoms with van der Waals surface area (Å²) in [7, 11) is -0.148. The van der Waals surface area contributed by atoms with Gasteiger partial charge in [-0.1, -0.05) is 11.6 Å². The van der Waals surface area contributed by atoms with Gasteiger partial charge in [0, 0.05) is 20.7 Å². The third kappa shape index (κ3) is 5.17. The maximum absolute atomic E-state index is 12.6. The summed E-state index contributed by atoms with van der Waals surface area (Å²) < 4.78 is 35.3. The third-order valence-electron chi connectivity index (χ3n) is 3.04. The van der Waals surface area contributed by atoms with Crippen LogP contribution >= 0.6 is 11.6 Å². The number of hydrogen-bond donors (Lipinski definition) is 1. The third-order valence-corrected chi connectivity index (χ3v) is 5.32. The normalized spacial score (nSPS) is 11.4. The summed E-state index contributed by atoms with van der Waals surface area (Å²) >= 11 is 5.94. The van der Waals surface area contributed by atoms with Crippen LogP contribution in [0.5, 0.6) is 0 Å². The summed E-state index contributed by atoms with van der Waals surface area (Å²) in [5.74, 6) is -1.18. The van der Waals surface area contributed by atoms with E-state index in [4.69, 9.17) is 16.3 Å². The summed E-state index contributed by atoms with van der Waals surface area (Å²) in [5, 5.41) is 2.45. The Morgan fingerprint density at radius 2 is 1.96 bits per heavy atom. The number of benzene rings is 1. The quantitative estimate of drug-likeness (QED) is 0.522. The molecule has 0 atom stereocenters. The molecule has 0 spiro atoms. The molecule has 1 amide bonds. The fraction of sp³-hybridized carbons (Fsp3) is 0.429. The molecule has 0 aliphatic rings. The summed E-state index contributed by atoms with van der Waals surface area (Å²) in [6, 6.07) is 3.75. The molecular weight excluding hydrogens is 360 g/mol. The van der Waals surface area contributed by atoms with E-state index in [-0.39, 0.29) is 22.0 Å². The number of hydrogen-bond acceptors (Lipinski definition) is 6. The van der Waals surface area contributed by atoms with Crippen molar-refractivity contribution in [2.45, 2.75) is 4.90 Å². The SMILES string of the molecule is COCCNC(=O)CN(C)S(=O)(=O)c1cc(C(=O)OC)ccc1Cl. The predicted octanol–water partition coefficient (Wildman–Crippen LogP) is 0.510. The topological polar surface area (TPSA) is 102 Å². The average molecular weight is 379 g/mol. The van der Waals surface area contributed by atoms with Gasteiger partial charge in [0.25, 0.3) is 0 Å². The largest absolute Gasteiger partial charge is 0.465 e. The Morgan fingerprint density at radius 1 is 1.29 bits per heavy atom. The van der Waals surface area contributed by atoms with Crippen LogP contribution in [0, 0.1) is 0 Å². The van der Waals surface area contributed by atoms with Crippen LogP contribution in [0.25, 0.3) is 0 Å². The van der Waals surface area contributed by atoms with Crippen molar-refractivity contribution in [1.82, 2.24) is 9.62 Å². The first-order chi connectivity index (χ1) is 11.2. The van der Waals surface area contributed by atoms with Crippen LogP contribution < -0.4 is 5.32 Å². The lowest BCUT2D eigenvalue weighted by Crippen LogP contribution is -2.39. The minimum atomic E-state index is -4.06. The number of methoxy groups -OCH3 is 2. The van der Waals surface area contributed by atoms with Crippen molar-refractivity contribution in [3.05, 3.63) is 28.8 Å². The average Bonchev–Trinajstić information content (AvgIpc) is 2.54. The minimum Gasteiger partial charge on any atom is -0.465 e. The highest BCUT2D eigenvalue weighted by Crippen LogP contribution is 2.25. The molecule has 1 aromatic rings. The number of carbonyl (C=O) groups excluding carboxylic acids is 2. The number of ether oxygens (including phenoxy) is 2. The van der Waals surface area contributed by atoms with Gasteiger partial charge in [-0.05, 0) is 18.2 Å². The van der Waals surface area contributed by atoms with Crippen LogP contribution in [0.2, 0.25) is 5.02 Å². The van der Waals surface area contributed by atoms with E-state index in [1.807, 2.05) is 0 Å². The van der Waals surface area contributed by atoms with E-state index in [9.17, 15) is 18.0 Å². The molecule has 0 fully saturated rings. The summed E-state index contributed by atoms with van der Waals surface area (Å²) in [5.41, 5.74) is 0.0402. The van der Waals surface area contributed by atoms with E-state index >= 15 is 0 Å². The second-order valence-electron chi connectivity index (χ2n) is 4.74. The molecule has 0 aliphatic carbocycles. The fourth-order valence-electron chi connectivity index (χ4n) is 1.75. The van der Waals surface area contributed by atoms with Crippen molar-refractivity contribution in [2.75, 3.05) is 41.0 Å². The molecule has 0 radical (unpaired) electrons. The van der Waals surface area contributed by atoms with Gasteiger partial charge in [0.1, 0.15) is 4.90 Å². The summed E-state index contributed by atoms with van der Waals surface area (Å²) in [6.07, 6.45) is 0. The van der Waals surface area contributed by atoms with Crippen molar-refractivity contribution < 1.29 is 27.5 Å². The molecule has 0 unspecified atom stereocenters. The van der Waals surface area contributed by atoms with Crippen molar-refractivity contribution in [3.63, 3.8) is 0 Å². The molecular formula is C14H19ClN2O6S. The first-order valence-electron chi connectivity index (χ1n) is 6.84. The Bertz CT molecular complexity index is 707. The van der Waals surface area contributed by atoms with Crippen LogP contribution in [0.15, 0.2) is 23.1 Å². The number of likely N-dealkylation sites (N-methyl/N-ethyl adjacent to an activating group) is 1. The number of sulfonamides is 1. The Kier molecular flexibility index (Phi) is 7.61. The van der Waals surface area contributed by atoms with E-state index in [1.165, 1.54) is 33.4 Å². The standard InChI is InChI=1S/C14H19ClN2O6S/c1-17(9-13(18)16-6-7-22-2)24(20,21)12-8-10(14(19)23-3)4-5-11(12)15/h4-5,8H,6-7,9H2,1-3H3,(H,16,18). The van der Waals surface area contributed by atoms with E-state index in [0.717, 1.165) is 10.4 Å². The molecule has 0 heterocycles. The maximum Gasteiger partial charge on any atom is 0.337 e. The van der Waals surface area contributed by atoms with Gasteiger partial charge in [0.15, 0.2) is 0 Å². The zero-order valence-electron chi connectivity index (χ0n) is 13.5. The Labute approximate surface area is 145 Å². The van der Waals surface area contributed by atoms with Crippen molar-refractivity contribution in [2.24, 2.45) is 0 Å². The van der Waals surface area contributed by atoms with E-state index < -0.39 is 28.4 Å². The zero-order chi connectivity index (χ0) is 18.3.